The summed E-state index contributed by atoms with van der Waals surface area (Å²) >= 11 is 8.03. The maximum absolute atomic E-state index is 6.41. The lowest BCUT2D eigenvalue weighted by Gasteiger charge is -2.20. The first-order valence-corrected chi connectivity index (χ1v) is 10.9. The van der Waals surface area contributed by atoms with Gasteiger partial charge in [0.05, 0.1) is 12.1 Å². The first-order valence-electron chi connectivity index (χ1n) is 9.66. The van der Waals surface area contributed by atoms with Gasteiger partial charge in [0.25, 0.3) is 0 Å². The van der Waals surface area contributed by atoms with Gasteiger partial charge in [-0.3, -0.25) is 0 Å². The monoisotopic (exact) mass is 439 g/mol. The van der Waals surface area contributed by atoms with Crippen molar-refractivity contribution in [2.24, 2.45) is 0 Å². The highest BCUT2D eigenvalue weighted by atomic mass is 35.5. The summed E-state index contributed by atoms with van der Waals surface area (Å²) in [6, 6.07) is 6.31. The van der Waals surface area contributed by atoms with Gasteiger partial charge < -0.3 is 15.4 Å². The van der Waals surface area contributed by atoms with Crippen molar-refractivity contribution in [2.45, 2.75) is 25.2 Å². The lowest BCUT2D eigenvalue weighted by molar-refractivity contribution is 0.189. The number of benzene rings is 1. The number of nitrogen functional groups attached to an aromatic ring is 1. The second-order valence-electron chi connectivity index (χ2n) is 7.12. The predicted octanol–water partition coefficient (Wildman–Crippen LogP) is 4.60. The van der Waals surface area contributed by atoms with Crippen molar-refractivity contribution in [3.63, 3.8) is 0 Å². The molecule has 1 aliphatic rings. The quantitative estimate of drug-likeness (QED) is 0.585. The maximum atomic E-state index is 6.41. The Morgan fingerprint density at radius 1 is 1.40 bits per heavy atom. The van der Waals surface area contributed by atoms with Crippen LogP contribution >= 0.6 is 22.9 Å². The van der Waals surface area contributed by atoms with Crippen molar-refractivity contribution in [3.05, 3.63) is 57.1 Å². The van der Waals surface area contributed by atoms with Crippen LogP contribution < -0.4 is 10.6 Å². The standard InChI is InChI=1S/C22H22ClN5OS/c1-14(21-25-8-10-30-21)3-4-15-5-6-17-16(7-9-29-2)13-28(19(17)11-15)20-18(23)12-26-22(24)27-20/h5-6,8,10-12,14,16H,7,9,13H2,1-2H3,(H2,24,26,27). The fourth-order valence-corrected chi connectivity index (χ4v) is 4.43. The summed E-state index contributed by atoms with van der Waals surface area (Å²) in [4.78, 5) is 14.8. The van der Waals surface area contributed by atoms with E-state index in [9.17, 15) is 0 Å². The van der Waals surface area contributed by atoms with E-state index >= 15 is 0 Å². The maximum Gasteiger partial charge on any atom is 0.222 e. The number of hydrogen-bond donors (Lipinski definition) is 1. The molecule has 0 saturated carbocycles. The van der Waals surface area contributed by atoms with E-state index in [1.807, 2.05) is 11.6 Å². The van der Waals surface area contributed by atoms with Gasteiger partial charge in [-0.15, -0.1) is 11.3 Å². The predicted molar refractivity (Wildman–Crippen MR) is 122 cm³/mol. The van der Waals surface area contributed by atoms with Gasteiger partial charge in [0.1, 0.15) is 10.0 Å². The SMILES string of the molecule is COCCC1CN(c2nc(N)ncc2Cl)c2cc(C#CC(C)c3nccs3)ccc21. The van der Waals surface area contributed by atoms with Crippen molar-refractivity contribution >= 4 is 40.4 Å². The number of nitrogens with two attached hydrogens (primary N) is 1. The molecule has 2 unspecified atom stereocenters. The van der Waals surface area contributed by atoms with E-state index < -0.39 is 0 Å². The number of ether oxygens (including phenoxy) is 1. The molecular weight excluding hydrogens is 418 g/mol. The summed E-state index contributed by atoms with van der Waals surface area (Å²) in [5.41, 5.74) is 9.05. The Morgan fingerprint density at radius 2 is 2.27 bits per heavy atom. The molecule has 0 aliphatic carbocycles. The summed E-state index contributed by atoms with van der Waals surface area (Å²) in [6.07, 6.45) is 4.26. The Kier molecular flexibility index (Phi) is 6.18. The molecule has 0 bridgehead atoms. The summed E-state index contributed by atoms with van der Waals surface area (Å²) < 4.78 is 5.31. The topological polar surface area (TPSA) is 77.2 Å². The first kappa shape index (κ1) is 20.6. The van der Waals surface area contributed by atoms with E-state index in [-0.39, 0.29) is 11.9 Å². The van der Waals surface area contributed by atoms with Crippen LogP contribution in [0.25, 0.3) is 0 Å². The highest BCUT2D eigenvalue weighted by Crippen LogP contribution is 2.44. The Bertz CT molecular complexity index is 1090. The molecule has 2 atom stereocenters. The van der Waals surface area contributed by atoms with Gasteiger partial charge in [-0.1, -0.05) is 29.5 Å². The molecule has 8 heteroatoms. The molecule has 4 rings (SSSR count). The van der Waals surface area contributed by atoms with Gasteiger partial charge in [-0.05, 0) is 31.0 Å². The van der Waals surface area contributed by atoms with Crippen molar-refractivity contribution < 1.29 is 4.74 Å². The Balaban J connectivity index is 1.70. The average Bonchev–Trinajstić information content (AvgIpc) is 3.40. The van der Waals surface area contributed by atoms with E-state index in [0.29, 0.717) is 23.4 Å². The number of methoxy groups -OCH3 is 1. The smallest absolute Gasteiger partial charge is 0.222 e. The van der Waals surface area contributed by atoms with E-state index in [4.69, 9.17) is 22.1 Å². The number of anilines is 3. The van der Waals surface area contributed by atoms with Gasteiger partial charge >= 0.3 is 0 Å². The van der Waals surface area contributed by atoms with E-state index in [1.54, 1.807) is 24.6 Å². The Hall–Kier alpha value is -2.66. The number of hydrogen-bond acceptors (Lipinski definition) is 7. The lowest BCUT2D eigenvalue weighted by Crippen LogP contribution is -2.19. The van der Waals surface area contributed by atoms with Gasteiger partial charge in [0.15, 0.2) is 5.82 Å². The third-order valence-corrected chi connectivity index (χ3v) is 6.31. The van der Waals surface area contributed by atoms with E-state index in [2.05, 4.69) is 56.8 Å². The zero-order valence-corrected chi connectivity index (χ0v) is 18.4. The number of thiazole rings is 1. The summed E-state index contributed by atoms with van der Waals surface area (Å²) in [5.74, 6) is 7.80. The van der Waals surface area contributed by atoms with Crippen LogP contribution in [0.1, 0.15) is 41.3 Å². The highest BCUT2D eigenvalue weighted by molar-refractivity contribution is 7.09. The number of aromatic nitrogens is 3. The minimum atomic E-state index is 0.0833. The van der Waals surface area contributed by atoms with Crippen molar-refractivity contribution in [1.29, 1.82) is 0 Å². The molecule has 3 heterocycles. The average molecular weight is 440 g/mol. The second-order valence-corrected chi connectivity index (χ2v) is 8.46. The zero-order chi connectivity index (χ0) is 21.1. The molecule has 3 aromatic rings. The third-order valence-electron chi connectivity index (χ3n) is 5.09. The number of fused-ring (bicyclic) bond motifs is 1. The largest absolute Gasteiger partial charge is 0.385 e. The summed E-state index contributed by atoms with van der Waals surface area (Å²) in [5, 5.41) is 3.46. The van der Waals surface area contributed by atoms with Gasteiger partial charge in [-0.2, -0.15) is 4.98 Å². The molecule has 6 nitrogen and oxygen atoms in total. The van der Waals surface area contributed by atoms with Gasteiger partial charge in [0.2, 0.25) is 5.95 Å². The fraction of sp³-hybridized carbons (Fsp3) is 0.318. The molecule has 2 aromatic heterocycles. The molecule has 0 amide bonds. The minimum absolute atomic E-state index is 0.0833. The van der Waals surface area contributed by atoms with Crippen LogP contribution in [0.3, 0.4) is 0 Å². The second kappa shape index (κ2) is 9.00. The van der Waals surface area contributed by atoms with Crippen molar-refractivity contribution in [3.8, 4) is 11.8 Å². The first-order chi connectivity index (χ1) is 14.6. The van der Waals surface area contributed by atoms with E-state index in [1.165, 1.54) is 5.56 Å². The zero-order valence-electron chi connectivity index (χ0n) is 16.8. The Labute approximate surface area is 185 Å². The molecular formula is C22H22ClN5OS. The molecule has 0 fully saturated rings. The van der Waals surface area contributed by atoms with Crippen molar-refractivity contribution in [2.75, 3.05) is 30.9 Å². The molecule has 1 aromatic carbocycles. The number of rotatable bonds is 5. The van der Waals surface area contributed by atoms with Crippen LogP contribution in [-0.4, -0.2) is 35.2 Å². The number of halogens is 1. The third kappa shape index (κ3) is 4.26. The lowest BCUT2D eigenvalue weighted by atomic mass is 9.97. The molecule has 0 radical (unpaired) electrons. The van der Waals surface area contributed by atoms with Gasteiger partial charge in [0, 0.05) is 49.0 Å². The minimum Gasteiger partial charge on any atom is -0.385 e. The molecule has 30 heavy (non-hydrogen) atoms. The summed E-state index contributed by atoms with van der Waals surface area (Å²) in [7, 11) is 1.72. The van der Waals surface area contributed by atoms with E-state index in [0.717, 1.165) is 29.2 Å². The highest BCUT2D eigenvalue weighted by Gasteiger charge is 2.31. The van der Waals surface area contributed by atoms with Crippen LogP contribution in [-0.2, 0) is 4.74 Å². The Morgan fingerprint density at radius 3 is 3.03 bits per heavy atom. The van der Waals surface area contributed by atoms with Crippen molar-refractivity contribution in [1.82, 2.24) is 15.0 Å². The van der Waals surface area contributed by atoms with Crippen LogP contribution in [0, 0.1) is 11.8 Å². The fourth-order valence-electron chi connectivity index (χ4n) is 3.59. The normalized spacial score (nSPS) is 16.1. The van der Waals surface area contributed by atoms with Crippen LogP contribution in [0.2, 0.25) is 5.02 Å². The molecule has 154 valence electrons. The van der Waals surface area contributed by atoms with Crippen LogP contribution in [0.15, 0.2) is 36.0 Å². The van der Waals surface area contributed by atoms with Gasteiger partial charge in [-0.25, -0.2) is 9.97 Å². The number of nitrogens with zero attached hydrogens (tertiary/aromatic N) is 4. The van der Waals surface area contributed by atoms with Crippen LogP contribution in [0.4, 0.5) is 17.5 Å². The molecule has 0 spiro atoms. The molecule has 2 N–H and O–H groups in total. The molecule has 0 saturated heterocycles. The van der Waals surface area contributed by atoms with Crippen LogP contribution in [0.5, 0.6) is 0 Å². The summed E-state index contributed by atoms with van der Waals surface area (Å²) in [6.45, 7) is 3.50. The molecule has 1 aliphatic heterocycles.